The van der Waals surface area contributed by atoms with Gasteiger partial charge in [-0.2, -0.15) is 5.10 Å². The van der Waals surface area contributed by atoms with Crippen molar-refractivity contribution in [2.75, 3.05) is 18.4 Å². The summed E-state index contributed by atoms with van der Waals surface area (Å²) in [5.74, 6) is -0.263. The predicted molar refractivity (Wildman–Crippen MR) is 99.9 cm³/mol. The van der Waals surface area contributed by atoms with Gasteiger partial charge in [-0.15, -0.1) is 0 Å². The van der Waals surface area contributed by atoms with Gasteiger partial charge in [-0.05, 0) is 30.8 Å². The average molecular weight is 353 g/mol. The van der Waals surface area contributed by atoms with Crippen LogP contribution in [-0.4, -0.2) is 43.6 Å². The fraction of sp³-hybridized carbons (Fsp3) is 0.316. The molecule has 0 bridgehead atoms. The number of aliphatic hydroxyl groups excluding tert-OH is 1. The molecule has 0 spiro atoms. The number of anilines is 1. The number of nitrogens with zero attached hydrogens (tertiary/aromatic N) is 4. The third-order valence-electron chi connectivity index (χ3n) is 4.35. The first kappa shape index (κ1) is 18.0. The molecular weight excluding hydrogens is 330 g/mol. The summed E-state index contributed by atoms with van der Waals surface area (Å²) in [6.45, 7) is 6.96. The highest BCUT2D eigenvalue weighted by Gasteiger charge is 2.15. The number of hydrogen-bond acceptors (Lipinski definition) is 5. The van der Waals surface area contributed by atoms with E-state index >= 15 is 0 Å². The third kappa shape index (κ3) is 3.89. The molecule has 7 heteroatoms. The summed E-state index contributed by atoms with van der Waals surface area (Å²) >= 11 is 0. The molecular formula is C19H23N5O2. The van der Waals surface area contributed by atoms with Gasteiger partial charge in [0.1, 0.15) is 5.56 Å². The highest BCUT2D eigenvalue weighted by Crippen LogP contribution is 2.14. The van der Waals surface area contributed by atoms with Crippen molar-refractivity contribution < 1.29 is 9.90 Å². The van der Waals surface area contributed by atoms with E-state index in [1.165, 1.54) is 6.20 Å². The largest absolute Gasteiger partial charge is 0.392 e. The molecule has 7 nitrogen and oxygen atoms in total. The van der Waals surface area contributed by atoms with Gasteiger partial charge in [0, 0.05) is 30.2 Å². The van der Waals surface area contributed by atoms with Crippen LogP contribution in [0.3, 0.4) is 0 Å². The molecule has 136 valence electrons. The van der Waals surface area contributed by atoms with E-state index in [0.29, 0.717) is 16.9 Å². The maximum absolute atomic E-state index is 12.5. The Labute approximate surface area is 152 Å². The summed E-state index contributed by atoms with van der Waals surface area (Å²) < 4.78 is 1.64. The Bertz CT molecular complexity index is 885. The Morgan fingerprint density at radius 3 is 2.54 bits per heavy atom. The molecule has 0 saturated carbocycles. The number of aliphatic hydroxyl groups is 1. The lowest BCUT2D eigenvalue weighted by Gasteiger charge is -2.17. The van der Waals surface area contributed by atoms with Crippen molar-refractivity contribution in [1.29, 1.82) is 0 Å². The fourth-order valence-electron chi connectivity index (χ4n) is 2.75. The first-order valence-electron chi connectivity index (χ1n) is 8.70. The van der Waals surface area contributed by atoms with E-state index in [9.17, 15) is 4.79 Å². The second-order valence-corrected chi connectivity index (χ2v) is 6.06. The molecule has 0 aliphatic carbocycles. The van der Waals surface area contributed by atoms with E-state index in [1.54, 1.807) is 35.0 Å². The number of rotatable bonds is 7. The van der Waals surface area contributed by atoms with E-state index in [0.717, 1.165) is 30.8 Å². The summed E-state index contributed by atoms with van der Waals surface area (Å²) in [6, 6.07) is 7.04. The number of benzene rings is 1. The smallest absolute Gasteiger partial charge is 0.261 e. The molecule has 0 aliphatic heterocycles. The van der Waals surface area contributed by atoms with Crippen LogP contribution in [-0.2, 0) is 13.2 Å². The van der Waals surface area contributed by atoms with E-state index in [2.05, 4.69) is 34.1 Å². The molecule has 1 amide bonds. The van der Waals surface area contributed by atoms with Gasteiger partial charge in [-0.1, -0.05) is 26.0 Å². The summed E-state index contributed by atoms with van der Waals surface area (Å²) in [7, 11) is 0. The molecule has 0 saturated heterocycles. The number of hydrogen-bond donors (Lipinski definition) is 2. The number of carbonyl (C=O) groups excluding carboxylic acids is 1. The summed E-state index contributed by atoms with van der Waals surface area (Å²) in [5.41, 5.74) is 3.45. The zero-order valence-corrected chi connectivity index (χ0v) is 15.0. The van der Waals surface area contributed by atoms with Crippen molar-refractivity contribution in [3.63, 3.8) is 0 Å². The molecule has 0 radical (unpaired) electrons. The molecule has 3 aromatic rings. The molecule has 0 fully saturated rings. The van der Waals surface area contributed by atoms with Gasteiger partial charge in [0.25, 0.3) is 5.91 Å². The highest BCUT2D eigenvalue weighted by atomic mass is 16.3. The van der Waals surface area contributed by atoms with Gasteiger partial charge >= 0.3 is 0 Å². The van der Waals surface area contributed by atoms with E-state index in [4.69, 9.17) is 5.11 Å². The van der Waals surface area contributed by atoms with Crippen molar-refractivity contribution in [2.45, 2.75) is 27.0 Å². The van der Waals surface area contributed by atoms with Crippen molar-refractivity contribution in [2.24, 2.45) is 0 Å². The van der Waals surface area contributed by atoms with Crippen LogP contribution < -0.4 is 5.32 Å². The number of carbonyl (C=O) groups is 1. The molecule has 2 heterocycles. The summed E-state index contributed by atoms with van der Waals surface area (Å²) in [4.78, 5) is 19.3. The molecule has 0 atom stereocenters. The molecule has 2 aromatic heterocycles. The Morgan fingerprint density at radius 2 is 1.88 bits per heavy atom. The maximum Gasteiger partial charge on any atom is 0.261 e. The van der Waals surface area contributed by atoms with E-state index in [1.807, 2.05) is 6.20 Å². The summed E-state index contributed by atoms with van der Waals surface area (Å²) in [6.07, 6.45) is 5.23. The third-order valence-corrected chi connectivity index (χ3v) is 4.35. The van der Waals surface area contributed by atoms with E-state index < -0.39 is 0 Å². The van der Waals surface area contributed by atoms with Crippen LogP contribution in [0.2, 0.25) is 0 Å². The van der Waals surface area contributed by atoms with Crippen LogP contribution in [0.5, 0.6) is 0 Å². The quantitative estimate of drug-likeness (QED) is 0.681. The monoisotopic (exact) mass is 353 g/mol. The maximum atomic E-state index is 12.5. The van der Waals surface area contributed by atoms with Crippen molar-refractivity contribution in [3.05, 3.63) is 59.5 Å². The standard InChI is InChI=1S/C19H23N5O2/c1-3-23(4-2)11-15-9-20-18-17(10-21-24(18)12-15)19(26)22-16-7-5-14(13-25)6-8-16/h5-10,12,25H,3-4,11,13H2,1-2H3,(H,22,26). The highest BCUT2D eigenvalue weighted by molar-refractivity contribution is 6.08. The second kappa shape index (κ2) is 8.07. The topological polar surface area (TPSA) is 82.8 Å². The SMILES string of the molecule is CCN(CC)Cc1cnc2c(C(=O)Nc3ccc(CO)cc3)cnn2c1. The fourth-order valence-corrected chi connectivity index (χ4v) is 2.75. The normalized spacial score (nSPS) is 11.2. The molecule has 0 aliphatic rings. The zero-order chi connectivity index (χ0) is 18.5. The molecule has 1 aromatic carbocycles. The van der Waals surface area contributed by atoms with Gasteiger partial charge in [0.15, 0.2) is 5.65 Å². The van der Waals surface area contributed by atoms with Crippen LogP contribution in [0.1, 0.15) is 35.3 Å². The van der Waals surface area contributed by atoms with E-state index in [-0.39, 0.29) is 12.5 Å². The first-order chi connectivity index (χ1) is 12.6. The van der Waals surface area contributed by atoms with Crippen LogP contribution in [0.25, 0.3) is 5.65 Å². The average Bonchev–Trinajstić information content (AvgIpc) is 3.10. The Hall–Kier alpha value is -2.77. The second-order valence-electron chi connectivity index (χ2n) is 6.06. The Morgan fingerprint density at radius 1 is 1.15 bits per heavy atom. The van der Waals surface area contributed by atoms with Gasteiger partial charge in [-0.25, -0.2) is 9.50 Å². The first-order valence-corrected chi connectivity index (χ1v) is 8.70. The van der Waals surface area contributed by atoms with Gasteiger partial charge in [0.2, 0.25) is 0 Å². The van der Waals surface area contributed by atoms with Crippen molar-refractivity contribution in [1.82, 2.24) is 19.5 Å². The number of nitrogens with one attached hydrogen (secondary N) is 1. The Balaban J connectivity index is 1.78. The molecule has 0 unspecified atom stereocenters. The van der Waals surface area contributed by atoms with Crippen LogP contribution in [0.4, 0.5) is 5.69 Å². The van der Waals surface area contributed by atoms with Gasteiger partial charge < -0.3 is 10.4 Å². The van der Waals surface area contributed by atoms with Crippen LogP contribution in [0.15, 0.2) is 42.9 Å². The summed E-state index contributed by atoms with van der Waals surface area (Å²) in [5, 5.41) is 16.2. The number of aromatic nitrogens is 3. The molecule has 3 rings (SSSR count). The van der Waals surface area contributed by atoms with Gasteiger partial charge in [0.05, 0.1) is 12.8 Å². The number of fused-ring (bicyclic) bond motifs is 1. The number of amides is 1. The van der Waals surface area contributed by atoms with Crippen LogP contribution in [0, 0.1) is 0 Å². The lowest BCUT2D eigenvalue weighted by atomic mass is 10.2. The lowest BCUT2D eigenvalue weighted by Crippen LogP contribution is -2.22. The minimum absolute atomic E-state index is 0.0258. The van der Waals surface area contributed by atoms with Crippen LogP contribution >= 0.6 is 0 Å². The molecule has 2 N–H and O–H groups in total. The van der Waals surface area contributed by atoms with Crippen molar-refractivity contribution >= 4 is 17.2 Å². The Kier molecular flexibility index (Phi) is 5.60. The zero-order valence-electron chi connectivity index (χ0n) is 15.0. The predicted octanol–water partition coefficient (Wildman–Crippen LogP) is 2.32. The minimum Gasteiger partial charge on any atom is -0.392 e. The molecule has 26 heavy (non-hydrogen) atoms. The minimum atomic E-state index is -0.263. The lowest BCUT2D eigenvalue weighted by molar-refractivity contribution is 0.102. The van der Waals surface area contributed by atoms with Gasteiger partial charge in [-0.3, -0.25) is 9.69 Å². The van der Waals surface area contributed by atoms with Crippen molar-refractivity contribution in [3.8, 4) is 0 Å².